The van der Waals surface area contributed by atoms with Crippen molar-refractivity contribution in [3.05, 3.63) is 34.4 Å². The Hall–Kier alpha value is -0.820. The summed E-state index contributed by atoms with van der Waals surface area (Å²) in [6.07, 6.45) is 1.56. The topological polar surface area (TPSA) is 20.2 Å². The Balaban J connectivity index is 2.86. The fraction of sp³-hybridized carbons (Fsp3) is 0.625. The molecule has 0 bridgehead atoms. The van der Waals surface area contributed by atoms with E-state index < -0.39 is 0 Å². The van der Waals surface area contributed by atoms with Gasteiger partial charge in [0.1, 0.15) is 0 Å². The molecule has 0 saturated heterocycles. The molecule has 96 valence electrons. The van der Waals surface area contributed by atoms with Crippen molar-refractivity contribution in [1.82, 2.24) is 0 Å². The predicted octanol–water partition coefficient (Wildman–Crippen LogP) is 4.47. The Morgan fingerprint density at radius 2 is 1.53 bits per heavy atom. The van der Waals surface area contributed by atoms with E-state index in [9.17, 15) is 5.11 Å². The van der Waals surface area contributed by atoms with Gasteiger partial charge in [0.2, 0.25) is 0 Å². The smallest absolute Gasteiger partial charge is 0.0795 e. The molecule has 1 aromatic rings. The van der Waals surface area contributed by atoms with E-state index in [2.05, 4.69) is 53.7 Å². The zero-order chi connectivity index (χ0) is 13.2. The minimum Gasteiger partial charge on any atom is -0.388 e. The van der Waals surface area contributed by atoms with Crippen molar-refractivity contribution in [1.29, 1.82) is 0 Å². The first-order valence-corrected chi connectivity index (χ1v) is 6.46. The summed E-state index contributed by atoms with van der Waals surface area (Å²) < 4.78 is 0. The Bertz CT molecular complexity index is 362. The molecule has 0 radical (unpaired) electrons. The lowest BCUT2D eigenvalue weighted by atomic mass is 9.86. The van der Waals surface area contributed by atoms with Crippen LogP contribution in [0, 0.1) is 26.2 Å². The van der Waals surface area contributed by atoms with Crippen molar-refractivity contribution in [3.8, 4) is 0 Å². The Morgan fingerprint density at radius 3 is 1.94 bits per heavy atom. The van der Waals surface area contributed by atoms with Gasteiger partial charge in [-0.2, -0.15) is 0 Å². The van der Waals surface area contributed by atoms with Gasteiger partial charge in [-0.05, 0) is 55.7 Å². The second-order valence-corrected chi connectivity index (χ2v) is 6.43. The molecule has 1 heteroatoms. The summed E-state index contributed by atoms with van der Waals surface area (Å²) in [6.45, 7) is 12.9. The summed E-state index contributed by atoms with van der Waals surface area (Å²) in [7, 11) is 0. The van der Waals surface area contributed by atoms with Crippen molar-refractivity contribution < 1.29 is 5.11 Å². The molecule has 0 fully saturated rings. The number of aliphatic hydroxyl groups is 1. The quantitative estimate of drug-likeness (QED) is 0.818. The molecule has 1 nitrogen and oxygen atoms in total. The van der Waals surface area contributed by atoms with Crippen LogP contribution in [0.15, 0.2) is 12.1 Å². The molecule has 17 heavy (non-hydrogen) atoms. The molecule has 1 N–H and O–H groups in total. The van der Waals surface area contributed by atoms with Crippen LogP contribution in [-0.4, -0.2) is 5.11 Å². The summed E-state index contributed by atoms with van der Waals surface area (Å²) >= 11 is 0. The third kappa shape index (κ3) is 4.16. The summed E-state index contributed by atoms with van der Waals surface area (Å²) in [5.41, 5.74) is 5.10. The van der Waals surface area contributed by atoms with E-state index in [0.717, 1.165) is 18.4 Å². The maximum absolute atomic E-state index is 10.3. The second-order valence-electron chi connectivity index (χ2n) is 6.43. The molecule has 0 aromatic heterocycles. The molecular formula is C16H26O. The summed E-state index contributed by atoms with van der Waals surface area (Å²) in [4.78, 5) is 0. The minimum absolute atomic E-state index is 0.285. The van der Waals surface area contributed by atoms with Gasteiger partial charge in [-0.25, -0.2) is 0 Å². The maximum atomic E-state index is 10.3. The summed E-state index contributed by atoms with van der Waals surface area (Å²) in [6, 6.07) is 4.31. The predicted molar refractivity (Wildman–Crippen MR) is 74.3 cm³/mol. The first-order valence-electron chi connectivity index (χ1n) is 6.46. The standard InChI is InChI=1S/C16H26O/c1-11-9-12(2)15(13(3)10-11)14(17)7-8-16(4,5)6/h9-10,14,17H,7-8H2,1-6H3. The average molecular weight is 234 g/mol. The van der Waals surface area contributed by atoms with E-state index >= 15 is 0 Å². The fourth-order valence-corrected chi connectivity index (χ4v) is 2.43. The van der Waals surface area contributed by atoms with Crippen LogP contribution in [0.1, 0.15) is 62.0 Å². The summed E-state index contributed by atoms with van der Waals surface area (Å²) in [5.74, 6) is 0. The van der Waals surface area contributed by atoms with E-state index in [4.69, 9.17) is 0 Å². The van der Waals surface area contributed by atoms with Gasteiger partial charge in [0.25, 0.3) is 0 Å². The van der Waals surface area contributed by atoms with E-state index in [0.29, 0.717) is 0 Å². The average Bonchev–Trinajstić information content (AvgIpc) is 2.11. The van der Waals surface area contributed by atoms with Gasteiger partial charge < -0.3 is 5.11 Å². The molecule has 0 heterocycles. The van der Waals surface area contributed by atoms with Gasteiger partial charge in [0.15, 0.2) is 0 Å². The van der Waals surface area contributed by atoms with Gasteiger partial charge >= 0.3 is 0 Å². The Morgan fingerprint density at radius 1 is 1.06 bits per heavy atom. The Kier molecular flexibility index (Phi) is 4.37. The van der Waals surface area contributed by atoms with Crippen molar-refractivity contribution in [2.75, 3.05) is 0 Å². The lowest BCUT2D eigenvalue weighted by Gasteiger charge is -2.22. The first kappa shape index (κ1) is 14.2. The molecule has 0 saturated carbocycles. The highest BCUT2D eigenvalue weighted by Gasteiger charge is 2.17. The SMILES string of the molecule is Cc1cc(C)c(C(O)CCC(C)(C)C)c(C)c1. The number of aliphatic hydroxyl groups excluding tert-OH is 1. The zero-order valence-electron chi connectivity index (χ0n) is 12.1. The van der Waals surface area contributed by atoms with E-state index in [1.54, 1.807) is 0 Å². The number of rotatable bonds is 3. The normalized spacial score (nSPS) is 13.8. The van der Waals surface area contributed by atoms with Crippen LogP contribution >= 0.6 is 0 Å². The first-order chi connectivity index (χ1) is 7.70. The van der Waals surface area contributed by atoms with Gasteiger partial charge in [-0.1, -0.05) is 38.5 Å². The zero-order valence-corrected chi connectivity index (χ0v) is 12.1. The molecule has 0 spiro atoms. The number of aryl methyl sites for hydroxylation is 3. The van der Waals surface area contributed by atoms with Crippen molar-refractivity contribution in [3.63, 3.8) is 0 Å². The highest BCUT2D eigenvalue weighted by Crippen LogP contribution is 2.30. The molecule has 1 aromatic carbocycles. The molecular weight excluding hydrogens is 208 g/mol. The maximum Gasteiger partial charge on any atom is 0.0795 e. The highest BCUT2D eigenvalue weighted by atomic mass is 16.3. The van der Waals surface area contributed by atoms with Crippen LogP contribution in [0.5, 0.6) is 0 Å². The second kappa shape index (κ2) is 5.22. The van der Waals surface area contributed by atoms with Crippen molar-refractivity contribution in [2.45, 2.75) is 60.5 Å². The van der Waals surface area contributed by atoms with Crippen LogP contribution < -0.4 is 0 Å². The third-order valence-corrected chi connectivity index (χ3v) is 3.24. The van der Waals surface area contributed by atoms with Crippen LogP contribution in [0.25, 0.3) is 0 Å². The number of benzene rings is 1. The van der Waals surface area contributed by atoms with Crippen LogP contribution in [0.2, 0.25) is 0 Å². The van der Waals surface area contributed by atoms with Crippen LogP contribution in [-0.2, 0) is 0 Å². The molecule has 1 unspecified atom stereocenters. The number of hydrogen-bond acceptors (Lipinski definition) is 1. The van der Waals surface area contributed by atoms with E-state index in [1.165, 1.54) is 16.7 Å². The largest absolute Gasteiger partial charge is 0.388 e. The summed E-state index contributed by atoms with van der Waals surface area (Å²) in [5, 5.41) is 10.3. The third-order valence-electron chi connectivity index (χ3n) is 3.24. The van der Waals surface area contributed by atoms with Crippen LogP contribution in [0.3, 0.4) is 0 Å². The minimum atomic E-state index is -0.324. The van der Waals surface area contributed by atoms with E-state index in [1.807, 2.05) is 0 Å². The van der Waals surface area contributed by atoms with E-state index in [-0.39, 0.29) is 11.5 Å². The van der Waals surface area contributed by atoms with Gasteiger partial charge in [0, 0.05) is 0 Å². The number of hydrogen-bond donors (Lipinski definition) is 1. The highest BCUT2D eigenvalue weighted by molar-refractivity contribution is 5.38. The lowest BCUT2D eigenvalue weighted by Crippen LogP contribution is -2.10. The molecule has 0 aliphatic carbocycles. The Labute approximate surface area is 106 Å². The van der Waals surface area contributed by atoms with Gasteiger partial charge in [-0.3, -0.25) is 0 Å². The van der Waals surface area contributed by atoms with Crippen molar-refractivity contribution >= 4 is 0 Å². The van der Waals surface area contributed by atoms with Crippen LogP contribution in [0.4, 0.5) is 0 Å². The van der Waals surface area contributed by atoms with Crippen molar-refractivity contribution in [2.24, 2.45) is 5.41 Å². The van der Waals surface area contributed by atoms with Gasteiger partial charge in [0.05, 0.1) is 6.10 Å². The monoisotopic (exact) mass is 234 g/mol. The van der Waals surface area contributed by atoms with Gasteiger partial charge in [-0.15, -0.1) is 0 Å². The molecule has 0 aliphatic rings. The molecule has 0 amide bonds. The lowest BCUT2D eigenvalue weighted by molar-refractivity contribution is 0.146. The molecule has 1 atom stereocenters. The molecule has 0 aliphatic heterocycles. The molecule has 1 rings (SSSR count). The fourth-order valence-electron chi connectivity index (χ4n) is 2.43.